The van der Waals surface area contributed by atoms with Gasteiger partial charge in [0.15, 0.2) is 6.61 Å². The SMILES string of the molecule is O=C(O)COc1ccc(-c2cccc(Cl)c2)cc1Cl. The first-order valence-electron chi connectivity index (χ1n) is 5.46. The highest BCUT2D eigenvalue weighted by atomic mass is 35.5. The Morgan fingerprint density at radius 3 is 2.47 bits per heavy atom. The van der Waals surface area contributed by atoms with Gasteiger partial charge in [0, 0.05) is 5.02 Å². The number of hydrogen-bond donors (Lipinski definition) is 1. The van der Waals surface area contributed by atoms with E-state index in [4.69, 9.17) is 33.0 Å². The fourth-order valence-electron chi connectivity index (χ4n) is 1.60. The maximum Gasteiger partial charge on any atom is 0.341 e. The minimum Gasteiger partial charge on any atom is -0.480 e. The molecule has 0 aliphatic rings. The second-order valence-electron chi connectivity index (χ2n) is 3.84. The molecule has 0 fully saturated rings. The lowest BCUT2D eigenvalue weighted by molar-refractivity contribution is -0.139. The molecule has 0 aromatic heterocycles. The van der Waals surface area contributed by atoms with Gasteiger partial charge in [0.05, 0.1) is 5.02 Å². The summed E-state index contributed by atoms with van der Waals surface area (Å²) in [4.78, 5) is 10.4. The molecule has 2 aromatic carbocycles. The van der Waals surface area contributed by atoms with Crippen molar-refractivity contribution < 1.29 is 14.6 Å². The van der Waals surface area contributed by atoms with Crippen LogP contribution in [0.25, 0.3) is 11.1 Å². The minimum absolute atomic E-state index is 0.342. The van der Waals surface area contributed by atoms with Gasteiger partial charge in [-0.25, -0.2) is 4.79 Å². The van der Waals surface area contributed by atoms with Crippen LogP contribution >= 0.6 is 23.2 Å². The van der Waals surface area contributed by atoms with Crippen LogP contribution in [0.2, 0.25) is 10.0 Å². The van der Waals surface area contributed by atoms with Crippen LogP contribution in [-0.4, -0.2) is 17.7 Å². The van der Waals surface area contributed by atoms with E-state index in [1.54, 1.807) is 24.3 Å². The highest BCUT2D eigenvalue weighted by molar-refractivity contribution is 6.32. The molecule has 0 radical (unpaired) electrons. The monoisotopic (exact) mass is 296 g/mol. The molecule has 5 heteroatoms. The largest absolute Gasteiger partial charge is 0.480 e. The normalized spacial score (nSPS) is 10.2. The Kier molecular flexibility index (Phi) is 4.30. The molecule has 0 bridgehead atoms. The molecule has 0 heterocycles. The number of rotatable bonds is 4. The van der Waals surface area contributed by atoms with Crippen molar-refractivity contribution in [3.05, 3.63) is 52.5 Å². The Balaban J connectivity index is 2.26. The van der Waals surface area contributed by atoms with Crippen LogP contribution in [-0.2, 0) is 4.79 Å². The Morgan fingerprint density at radius 2 is 1.84 bits per heavy atom. The molecule has 2 aromatic rings. The Bertz CT molecular complexity index is 611. The van der Waals surface area contributed by atoms with Gasteiger partial charge in [-0.1, -0.05) is 41.4 Å². The number of benzene rings is 2. The van der Waals surface area contributed by atoms with Crippen LogP contribution in [0.1, 0.15) is 0 Å². The number of aliphatic carboxylic acids is 1. The number of hydrogen-bond acceptors (Lipinski definition) is 2. The summed E-state index contributed by atoms with van der Waals surface area (Å²) in [7, 11) is 0. The van der Waals surface area contributed by atoms with Crippen molar-refractivity contribution in [2.75, 3.05) is 6.61 Å². The van der Waals surface area contributed by atoms with Crippen LogP contribution in [0.5, 0.6) is 5.75 Å². The van der Waals surface area contributed by atoms with Gasteiger partial charge in [-0.15, -0.1) is 0 Å². The molecule has 1 N–H and O–H groups in total. The first kappa shape index (κ1) is 13.7. The molecule has 0 unspecified atom stereocenters. The number of carboxylic acid groups (broad SMARTS) is 1. The zero-order chi connectivity index (χ0) is 13.8. The number of ether oxygens (including phenoxy) is 1. The second-order valence-corrected chi connectivity index (χ2v) is 4.68. The molecule has 0 saturated heterocycles. The van der Waals surface area contributed by atoms with Gasteiger partial charge in [0.2, 0.25) is 0 Å². The highest BCUT2D eigenvalue weighted by Gasteiger charge is 2.07. The molecule has 3 nitrogen and oxygen atoms in total. The molecular formula is C14H10Cl2O3. The summed E-state index contributed by atoms with van der Waals surface area (Å²) < 4.78 is 5.06. The van der Waals surface area contributed by atoms with Gasteiger partial charge >= 0.3 is 5.97 Å². The van der Waals surface area contributed by atoms with Crippen molar-refractivity contribution >= 4 is 29.2 Å². The summed E-state index contributed by atoms with van der Waals surface area (Å²) in [5.41, 5.74) is 1.81. The molecule has 0 amide bonds. The van der Waals surface area contributed by atoms with Crippen molar-refractivity contribution in [1.82, 2.24) is 0 Å². The zero-order valence-corrected chi connectivity index (χ0v) is 11.3. The van der Waals surface area contributed by atoms with Crippen molar-refractivity contribution in [3.8, 4) is 16.9 Å². The molecule has 0 saturated carbocycles. The first-order valence-corrected chi connectivity index (χ1v) is 6.22. The van der Waals surface area contributed by atoms with E-state index in [-0.39, 0.29) is 0 Å². The number of halogens is 2. The van der Waals surface area contributed by atoms with E-state index in [1.807, 2.05) is 18.2 Å². The fraction of sp³-hybridized carbons (Fsp3) is 0.0714. The average Bonchev–Trinajstić information content (AvgIpc) is 2.37. The maximum atomic E-state index is 10.4. The average molecular weight is 297 g/mol. The van der Waals surface area contributed by atoms with Gasteiger partial charge in [0.25, 0.3) is 0 Å². The van der Waals surface area contributed by atoms with Crippen molar-refractivity contribution in [2.24, 2.45) is 0 Å². The van der Waals surface area contributed by atoms with Crippen molar-refractivity contribution in [2.45, 2.75) is 0 Å². The standard InChI is InChI=1S/C14H10Cl2O3/c15-11-3-1-2-9(6-11)10-4-5-13(12(16)7-10)19-8-14(17)18/h1-7H,8H2,(H,17,18). The van der Waals surface area contributed by atoms with Crippen LogP contribution in [0.15, 0.2) is 42.5 Å². The minimum atomic E-state index is -1.05. The molecule has 0 aliphatic heterocycles. The fourth-order valence-corrected chi connectivity index (χ4v) is 2.03. The molecule has 98 valence electrons. The molecule has 0 spiro atoms. The third-order valence-electron chi connectivity index (χ3n) is 2.44. The predicted molar refractivity (Wildman–Crippen MR) is 75.0 cm³/mol. The van der Waals surface area contributed by atoms with E-state index < -0.39 is 12.6 Å². The second kappa shape index (κ2) is 5.95. The molecule has 2 rings (SSSR count). The van der Waals surface area contributed by atoms with Crippen LogP contribution in [0.3, 0.4) is 0 Å². The van der Waals surface area contributed by atoms with Gasteiger partial charge in [0.1, 0.15) is 5.75 Å². The highest BCUT2D eigenvalue weighted by Crippen LogP contribution is 2.31. The van der Waals surface area contributed by atoms with Gasteiger partial charge < -0.3 is 9.84 Å². The third kappa shape index (κ3) is 3.63. The molecule has 0 aliphatic carbocycles. The first-order chi connectivity index (χ1) is 9.06. The Labute approximate surface area is 120 Å². The van der Waals surface area contributed by atoms with Crippen LogP contribution < -0.4 is 4.74 Å². The van der Waals surface area contributed by atoms with E-state index in [2.05, 4.69) is 0 Å². The summed E-state index contributed by atoms with van der Waals surface area (Å²) in [5.74, 6) is -0.704. The lowest BCUT2D eigenvalue weighted by Crippen LogP contribution is -2.09. The summed E-state index contributed by atoms with van der Waals surface area (Å²) >= 11 is 12.0. The van der Waals surface area contributed by atoms with E-state index >= 15 is 0 Å². The molecule has 19 heavy (non-hydrogen) atoms. The van der Waals surface area contributed by atoms with E-state index in [0.29, 0.717) is 15.8 Å². The Hall–Kier alpha value is -1.71. The third-order valence-corrected chi connectivity index (χ3v) is 2.97. The van der Waals surface area contributed by atoms with Gasteiger partial charge in [-0.05, 0) is 35.4 Å². The topological polar surface area (TPSA) is 46.5 Å². The summed E-state index contributed by atoms with van der Waals surface area (Å²) in [6.45, 7) is -0.420. The van der Waals surface area contributed by atoms with Crippen LogP contribution in [0.4, 0.5) is 0 Å². The number of carboxylic acids is 1. The lowest BCUT2D eigenvalue weighted by Gasteiger charge is -2.08. The molecular weight excluding hydrogens is 287 g/mol. The zero-order valence-electron chi connectivity index (χ0n) is 9.77. The predicted octanol–water partition coefficient (Wildman–Crippen LogP) is 4.12. The van der Waals surface area contributed by atoms with Gasteiger partial charge in [-0.3, -0.25) is 0 Å². The lowest BCUT2D eigenvalue weighted by atomic mass is 10.1. The quantitative estimate of drug-likeness (QED) is 0.923. The maximum absolute atomic E-state index is 10.4. The van der Waals surface area contributed by atoms with Crippen molar-refractivity contribution in [3.63, 3.8) is 0 Å². The van der Waals surface area contributed by atoms with E-state index in [1.165, 1.54) is 0 Å². The summed E-state index contributed by atoms with van der Waals surface area (Å²) in [6.07, 6.45) is 0. The molecule has 0 atom stereocenters. The van der Waals surface area contributed by atoms with Crippen molar-refractivity contribution in [1.29, 1.82) is 0 Å². The van der Waals surface area contributed by atoms with Crippen LogP contribution in [0, 0.1) is 0 Å². The van der Waals surface area contributed by atoms with Gasteiger partial charge in [-0.2, -0.15) is 0 Å². The number of carbonyl (C=O) groups is 1. The summed E-state index contributed by atoms with van der Waals surface area (Å²) in [6, 6.07) is 12.5. The summed E-state index contributed by atoms with van der Waals surface area (Å²) in [5, 5.41) is 9.54. The smallest absolute Gasteiger partial charge is 0.341 e. The Morgan fingerprint density at radius 1 is 1.11 bits per heavy atom. The van der Waals surface area contributed by atoms with E-state index in [0.717, 1.165) is 11.1 Å². The van der Waals surface area contributed by atoms with E-state index in [9.17, 15) is 4.79 Å².